The quantitative estimate of drug-likeness (QED) is 0.120. The van der Waals surface area contributed by atoms with E-state index in [9.17, 15) is 23.7 Å². The van der Waals surface area contributed by atoms with Crippen LogP contribution in [0.4, 0.5) is 0 Å². The van der Waals surface area contributed by atoms with E-state index < -0.39 is 62.7 Å². The van der Waals surface area contributed by atoms with Crippen LogP contribution in [0, 0.1) is 0 Å². The van der Waals surface area contributed by atoms with E-state index in [1.807, 2.05) is 5.32 Å². The van der Waals surface area contributed by atoms with E-state index in [1.165, 1.54) is 0 Å². The van der Waals surface area contributed by atoms with Crippen LogP contribution in [-0.4, -0.2) is 74.2 Å². The number of hydrogen-bond donors (Lipinski definition) is 8. The van der Waals surface area contributed by atoms with E-state index in [0.29, 0.717) is 0 Å². The van der Waals surface area contributed by atoms with E-state index >= 15 is 0 Å². The molecule has 0 bridgehead atoms. The summed E-state index contributed by atoms with van der Waals surface area (Å²) >= 11 is 3.73. The van der Waals surface area contributed by atoms with Gasteiger partial charge in [0.25, 0.3) is 0 Å². The summed E-state index contributed by atoms with van der Waals surface area (Å²) in [4.78, 5) is 62.7. The molecule has 0 aliphatic heterocycles. The Hall–Kier alpha value is -1.70. The summed E-state index contributed by atoms with van der Waals surface area (Å²) in [6, 6.07) is -4.38. The highest BCUT2D eigenvalue weighted by Gasteiger charge is 2.28. The number of aliphatic carboxylic acids is 2. The van der Waals surface area contributed by atoms with Crippen LogP contribution in [0.2, 0.25) is 0 Å². The lowest BCUT2D eigenvalue weighted by molar-refractivity contribution is -0.141. The molecule has 0 heterocycles. The topological polar surface area (TPSA) is 226 Å². The van der Waals surface area contributed by atoms with E-state index in [-0.39, 0.29) is 12.2 Å². The number of amides is 2. The van der Waals surface area contributed by atoms with E-state index in [4.69, 9.17) is 25.7 Å². The minimum Gasteiger partial charge on any atom is -0.480 e. The first kappa shape index (κ1) is 24.3. The molecule has 0 aliphatic rings. The van der Waals surface area contributed by atoms with Gasteiger partial charge >= 0.3 is 19.8 Å². The number of hydrogen-bond acceptors (Lipinski definition) is 8. The number of nitrogens with two attached hydrogens (primary N) is 1. The van der Waals surface area contributed by atoms with Crippen molar-refractivity contribution in [2.45, 2.75) is 31.0 Å². The molecule has 0 spiro atoms. The Kier molecular flexibility index (Phi) is 10.4. The number of carboxylic acid groups (broad SMARTS) is 2. The van der Waals surface area contributed by atoms with Crippen LogP contribution in [0.5, 0.6) is 0 Å². The zero-order valence-corrected chi connectivity index (χ0v) is 15.1. The number of carboxylic acids is 2. The van der Waals surface area contributed by atoms with Gasteiger partial charge in [-0.15, -0.1) is 0 Å². The number of carbonyl (C=O) groups excluding carboxylic acids is 2. The molecule has 2 amide bonds. The molecule has 0 rings (SSSR count). The van der Waals surface area contributed by atoms with Gasteiger partial charge in [-0.2, -0.15) is 12.6 Å². The number of thiol groups is 1. The molecule has 0 saturated heterocycles. The first-order chi connectivity index (χ1) is 11.9. The lowest BCUT2D eigenvalue weighted by Crippen LogP contribution is -2.54. The zero-order valence-electron chi connectivity index (χ0n) is 13.3. The lowest BCUT2D eigenvalue weighted by Gasteiger charge is -2.21. The van der Waals surface area contributed by atoms with Crippen molar-refractivity contribution in [3.8, 4) is 0 Å². The fourth-order valence-corrected chi connectivity index (χ4v) is 2.08. The Bertz CT molecular complexity index is 583. The predicted molar refractivity (Wildman–Crippen MR) is 88.2 cm³/mol. The molecular weight excluding hydrogens is 397 g/mol. The van der Waals surface area contributed by atoms with Gasteiger partial charge in [-0.05, 0) is 6.42 Å². The van der Waals surface area contributed by atoms with Crippen LogP contribution in [-0.2, 0) is 28.3 Å². The second-order valence-electron chi connectivity index (χ2n) is 4.97. The molecule has 13 nitrogen and oxygen atoms in total. The molecule has 15 heteroatoms. The van der Waals surface area contributed by atoms with Gasteiger partial charge in [0.2, 0.25) is 11.8 Å². The summed E-state index contributed by atoms with van der Waals surface area (Å²) < 4.78 is 14.9. The molecule has 26 heavy (non-hydrogen) atoms. The maximum atomic E-state index is 12.0. The third-order valence-corrected chi connectivity index (χ3v) is 3.71. The summed E-state index contributed by atoms with van der Waals surface area (Å²) in [5.74, 6) is -4.98. The normalized spacial score (nSPS) is 14.8. The molecule has 0 aromatic heterocycles. The van der Waals surface area contributed by atoms with E-state index in [2.05, 4.69) is 22.5 Å². The maximum absolute atomic E-state index is 12.0. The van der Waals surface area contributed by atoms with Crippen molar-refractivity contribution in [2.75, 3.05) is 12.4 Å². The van der Waals surface area contributed by atoms with Crippen LogP contribution in [0.15, 0.2) is 0 Å². The van der Waals surface area contributed by atoms with Crippen molar-refractivity contribution in [3.05, 3.63) is 0 Å². The average molecular weight is 417 g/mol. The third kappa shape index (κ3) is 10.3. The van der Waals surface area contributed by atoms with E-state index in [1.54, 1.807) is 0 Å². The second kappa shape index (κ2) is 11.1. The minimum atomic E-state index is -4.97. The van der Waals surface area contributed by atoms with Crippen molar-refractivity contribution in [1.82, 2.24) is 10.6 Å². The SMILES string of the molecule is N[C@@H](CCC(=O)N[C@@H](COP(=O)(O)O)C(=O)N[C@@H](CS)C(=O)O)C(=O)O. The second-order valence-corrected chi connectivity index (χ2v) is 6.58. The zero-order chi connectivity index (χ0) is 20.5. The van der Waals surface area contributed by atoms with Crippen molar-refractivity contribution < 1.29 is 48.3 Å². The van der Waals surface area contributed by atoms with Gasteiger partial charge in [0.05, 0.1) is 6.61 Å². The summed E-state index contributed by atoms with van der Waals surface area (Å²) in [5.41, 5.74) is 5.23. The Balaban J connectivity index is 4.95. The molecule has 0 aromatic carbocycles. The van der Waals surface area contributed by atoms with Crippen molar-refractivity contribution >= 4 is 44.2 Å². The third-order valence-electron chi connectivity index (χ3n) is 2.86. The Morgan fingerprint density at radius 1 is 1.08 bits per heavy atom. The first-order valence-corrected chi connectivity index (χ1v) is 9.15. The van der Waals surface area contributed by atoms with Gasteiger partial charge in [0.15, 0.2) is 0 Å². The molecule has 0 fully saturated rings. The van der Waals surface area contributed by atoms with Gasteiger partial charge in [-0.3, -0.25) is 18.9 Å². The maximum Gasteiger partial charge on any atom is 0.469 e. The molecule has 0 unspecified atom stereocenters. The van der Waals surface area contributed by atoms with Gasteiger partial charge in [0.1, 0.15) is 18.1 Å². The fourth-order valence-electron chi connectivity index (χ4n) is 1.49. The molecule has 3 atom stereocenters. The number of rotatable bonds is 12. The fraction of sp³-hybridized carbons (Fsp3) is 0.636. The standard InChI is InChI=1S/C11H20N3O10PS/c12-5(10(17)18)1-2-8(15)13-6(3-24-25(21,22)23)9(16)14-7(4-26)11(19)20/h5-7,26H,1-4,12H2,(H,13,15)(H,14,16)(H,17,18)(H,19,20)(H2,21,22,23)/t5-,6-,7-/m0/s1. The first-order valence-electron chi connectivity index (χ1n) is 6.99. The van der Waals surface area contributed by atoms with Gasteiger partial charge in [0, 0.05) is 12.2 Å². The average Bonchev–Trinajstić information content (AvgIpc) is 2.52. The highest BCUT2D eigenvalue weighted by atomic mass is 32.1. The largest absolute Gasteiger partial charge is 0.480 e. The van der Waals surface area contributed by atoms with Gasteiger partial charge in [-0.1, -0.05) is 0 Å². The molecule has 0 radical (unpaired) electrons. The minimum absolute atomic E-state index is 0.261. The Morgan fingerprint density at radius 2 is 1.65 bits per heavy atom. The molecular formula is C11H20N3O10PS. The van der Waals surface area contributed by atoms with Crippen molar-refractivity contribution in [3.63, 3.8) is 0 Å². The van der Waals surface area contributed by atoms with Crippen molar-refractivity contribution in [1.29, 1.82) is 0 Å². The molecule has 8 N–H and O–H groups in total. The molecule has 150 valence electrons. The van der Waals surface area contributed by atoms with Crippen LogP contribution in [0.3, 0.4) is 0 Å². The summed E-state index contributed by atoms with van der Waals surface area (Å²) in [5, 5.41) is 21.6. The van der Waals surface area contributed by atoms with Crippen LogP contribution < -0.4 is 16.4 Å². The molecule has 0 aromatic rings. The monoisotopic (exact) mass is 417 g/mol. The highest BCUT2D eigenvalue weighted by molar-refractivity contribution is 7.80. The van der Waals surface area contributed by atoms with Gasteiger partial charge < -0.3 is 36.4 Å². The number of phosphoric acid groups is 1. The lowest BCUT2D eigenvalue weighted by atomic mass is 10.1. The smallest absolute Gasteiger partial charge is 0.469 e. The highest BCUT2D eigenvalue weighted by Crippen LogP contribution is 2.35. The number of carbonyl (C=O) groups is 4. The van der Waals surface area contributed by atoms with Crippen molar-refractivity contribution in [2.24, 2.45) is 5.73 Å². The predicted octanol–water partition coefficient (Wildman–Crippen LogP) is -2.73. The number of phosphoric ester groups is 1. The van der Waals surface area contributed by atoms with Crippen LogP contribution >= 0.6 is 20.5 Å². The summed E-state index contributed by atoms with van der Waals surface area (Å²) in [6.07, 6.45) is -0.661. The molecule has 0 saturated carbocycles. The summed E-state index contributed by atoms with van der Waals surface area (Å²) in [7, 11) is -4.97. The summed E-state index contributed by atoms with van der Waals surface area (Å²) in [6.45, 7) is -0.953. The Labute approximate surface area is 152 Å². The van der Waals surface area contributed by atoms with Crippen LogP contribution in [0.1, 0.15) is 12.8 Å². The van der Waals surface area contributed by atoms with E-state index in [0.717, 1.165) is 0 Å². The number of nitrogens with one attached hydrogen (secondary N) is 2. The van der Waals surface area contributed by atoms with Crippen LogP contribution in [0.25, 0.3) is 0 Å². The van der Waals surface area contributed by atoms with Gasteiger partial charge in [-0.25, -0.2) is 9.36 Å². The molecule has 0 aliphatic carbocycles. The Morgan fingerprint density at radius 3 is 2.08 bits per heavy atom.